The first-order valence-corrected chi connectivity index (χ1v) is 11.5. The van der Waals surface area contributed by atoms with Crippen LogP contribution in [0, 0.1) is 5.92 Å². The molecule has 3 amide bonds. The number of carbonyl (C=O) groups excluding carboxylic acids is 3. The van der Waals surface area contributed by atoms with Crippen LogP contribution in [0.25, 0.3) is 0 Å². The summed E-state index contributed by atoms with van der Waals surface area (Å²) in [7, 11) is 1.14. The highest BCUT2D eigenvalue weighted by molar-refractivity contribution is 6.42. The molecule has 0 bridgehead atoms. The number of likely N-dealkylation sites (N-methyl/N-ethyl adjacent to an activating group) is 1. The number of carbonyl (C=O) groups is 3. The molecule has 2 heterocycles. The summed E-state index contributed by atoms with van der Waals surface area (Å²) in [5, 5.41) is 0.551. The van der Waals surface area contributed by atoms with Crippen molar-refractivity contribution in [3.63, 3.8) is 0 Å². The van der Waals surface area contributed by atoms with Crippen molar-refractivity contribution in [3.05, 3.63) is 33.8 Å². The van der Waals surface area contributed by atoms with E-state index in [0.29, 0.717) is 36.5 Å². The third-order valence-electron chi connectivity index (χ3n) is 6.61. The van der Waals surface area contributed by atoms with Gasteiger partial charge >= 0.3 is 12.1 Å². The summed E-state index contributed by atoms with van der Waals surface area (Å²) >= 11 is 12.2. The van der Waals surface area contributed by atoms with Gasteiger partial charge in [0.15, 0.2) is 0 Å². The number of hydrogen-bond donors (Lipinski definition) is 0. The van der Waals surface area contributed by atoms with Crippen LogP contribution in [-0.4, -0.2) is 77.9 Å². The van der Waals surface area contributed by atoms with Crippen LogP contribution in [0.15, 0.2) is 18.2 Å². The molecule has 0 spiro atoms. The summed E-state index contributed by atoms with van der Waals surface area (Å²) < 4.78 is 39.3. The van der Waals surface area contributed by atoms with Gasteiger partial charge in [-0.15, -0.1) is 0 Å². The van der Waals surface area contributed by atoms with Gasteiger partial charge in [0.25, 0.3) is 0 Å². The molecule has 182 valence electrons. The van der Waals surface area contributed by atoms with E-state index in [2.05, 4.69) is 0 Å². The Morgan fingerprint density at radius 1 is 1.00 bits per heavy atom. The average Bonchev–Trinajstić information content (AvgIpc) is 2.78. The zero-order valence-corrected chi connectivity index (χ0v) is 19.9. The molecule has 33 heavy (non-hydrogen) atoms. The fourth-order valence-corrected chi connectivity index (χ4v) is 5.03. The van der Waals surface area contributed by atoms with E-state index in [0.717, 1.165) is 11.9 Å². The minimum absolute atomic E-state index is 0.0289. The molecule has 3 rings (SSSR count). The van der Waals surface area contributed by atoms with Gasteiger partial charge in [0.2, 0.25) is 11.8 Å². The molecular formula is C22H26Cl2F3N3O3. The third-order valence-corrected chi connectivity index (χ3v) is 7.35. The molecule has 6 nitrogen and oxygen atoms in total. The molecule has 0 saturated carbocycles. The molecule has 0 radical (unpaired) electrons. The molecule has 2 unspecified atom stereocenters. The molecule has 1 aromatic rings. The fourth-order valence-electron chi connectivity index (χ4n) is 4.72. The molecule has 1 aromatic carbocycles. The second-order valence-corrected chi connectivity index (χ2v) is 9.43. The van der Waals surface area contributed by atoms with Gasteiger partial charge < -0.3 is 14.7 Å². The first-order valence-electron chi connectivity index (χ1n) is 10.7. The number of benzene rings is 1. The topological polar surface area (TPSA) is 60.9 Å². The molecule has 0 aliphatic carbocycles. The Morgan fingerprint density at radius 3 is 2.15 bits per heavy atom. The van der Waals surface area contributed by atoms with Gasteiger partial charge in [-0.2, -0.15) is 13.2 Å². The number of halogens is 5. The standard InChI is InChI=1S/C22H26Cl2F3N3O3/c1-13(31)29-8-5-14(6-9-29)20(32)30-10-7-19(28(2)21(33)22(25,26)27)16(12-30)15-3-4-17(23)18(24)11-15/h3-4,11,14,16,19H,5-10,12H2,1-2H3. The van der Waals surface area contributed by atoms with Crippen molar-refractivity contribution in [3.8, 4) is 0 Å². The highest BCUT2D eigenvalue weighted by Gasteiger charge is 2.46. The van der Waals surface area contributed by atoms with Crippen LogP contribution in [0.1, 0.15) is 37.7 Å². The number of hydrogen-bond acceptors (Lipinski definition) is 3. The SMILES string of the molecule is CC(=O)N1CCC(C(=O)N2CCC(N(C)C(=O)C(F)(F)F)C(c3ccc(Cl)c(Cl)c3)C2)CC1. The van der Waals surface area contributed by atoms with E-state index in [9.17, 15) is 27.6 Å². The summed E-state index contributed by atoms with van der Waals surface area (Å²) in [6, 6.07) is 4.03. The molecule has 11 heteroatoms. The Balaban J connectivity index is 1.82. The van der Waals surface area contributed by atoms with Crippen molar-refractivity contribution in [1.82, 2.24) is 14.7 Å². The number of alkyl halides is 3. The molecule has 2 atom stereocenters. The molecular weight excluding hydrogens is 482 g/mol. The number of likely N-dealkylation sites (tertiary alicyclic amines) is 2. The Hall–Kier alpha value is -2.00. The van der Waals surface area contributed by atoms with Crippen LogP contribution in [0.5, 0.6) is 0 Å². The van der Waals surface area contributed by atoms with Crippen molar-refractivity contribution in [1.29, 1.82) is 0 Å². The highest BCUT2D eigenvalue weighted by Crippen LogP contribution is 2.36. The fraction of sp³-hybridized carbons (Fsp3) is 0.591. The van der Waals surface area contributed by atoms with E-state index in [4.69, 9.17) is 23.2 Å². The Kier molecular flexibility index (Phi) is 7.84. The highest BCUT2D eigenvalue weighted by atomic mass is 35.5. The largest absolute Gasteiger partial charge is 0.471 e. The van der Waals surface area contributed by atoms with Gasteiger partial charge in [-0.25, -0.2) is 0 Å². The molecule has 2 aliphatic rings. The lowest BCUT2D eigenvalue weighted by Crippen LogP contribution is -2.55. The van der Waals surface area contributed by atoms with E-state index in [1.165, 1.54) is 6.92 Å². The normalized spacial score (nSPS) is 22.3. The molecule has 0 aromatic heterocycles. The number of piperidine rings is 2. The second kappa shape index (κ2) is 10.1. The summed E-state index contributed by atoms with van der Waals surface area (Å²) in [6.45, 7) is 2.89. The van der Waals surface area contributed by atoms with Gasteiger partial charge in [-0.05, 0) is 37.0 Å². The third kappa shape index (κ3) is 5.74. The van der Waals surface area contributed by atoms with E-state index in [1.807, 2.05) is 0 Å². The molecule has 2 aliphatic heterocycles. The maximum Gasteiger partial charge on any atom is 0.471 e. The zero-order valence-electron chi connectivity index (χ0n) is 18.4. The van der Waals surface area contributed by atoms with Gasteiger partial charge in [0.05, 0.1) is 10.0 Å². The van der Waals surface area contributed by atoms with Gasteiger partial charge in [-0.3, -0.25) is 14.4 Å². The number of amides is 3. The quantitative estimate of drug-likeness (QED) is 0.622. The van der Waals surface area contributed by atoms with E-state index in [1.54, 1.807) is 28.0 Å². The van der Waals surface area contributed by atoms with E-state index in [-0.39, 0.29) is 42.3 Å². The van der Waals surface area contributed by atoms with Gasteiger partial charge in [0, 0.05) is 58.0 Å². The maximum absolute atomic E-state index is 13.2. The van der Waals surface area contributed by atoms with Crippen LogP contribution in [0.2, 0.25) is 10.0 Å². The van der Waals surface area contributed by atoms with Crippen LogP contribution in [-0.2, 0) is 14.4 Å². The molecule has 2 fully saturated rings. The van der Waals surface area contributed by atoms with Crippen molar-refractivity contribution in [2.45, 2.75) is 44.3 Å². The van der Waals surface area contributed by atoms with Crippen molar-refractivity contribution in [2.75, 3.05) is 33.2 Å². The maximum atomic E-state index is 13.2. The summed E-state index contributed by atoms with van der Waals surface area (Å²) in [5.74, 6) is -2.84. The monoisotopic (exact) mass is 507 g/mol. The Bertz CT molecular complexity index is 920. The van der Waals surface area contributed by atoms with Crippen LogP contribution >= 0.6 is 23.2 Å². The smallest absolute Gasteiger partial charge is 0.343 e. The first-order chi connectivity index (χ1) is 15.4. The lowest BCUT2D eigenvalue weighted by molar-refractivity contribution is -0.187. The summed E-state index contributed by atoms with van der Waals surface area (Å²) in [6.07, 6.45) is -3.71. The summed E-state index contributed by atoms with van der Waals surface area (Å²) in [4.78, 5) is 40.8. The van der Waals surface area contributed by atoms with Crippen LogP contribution in [0.3, 0.4) is 0 Å². The van der Waals surface area contributed by atoms with Crippen LogP contribution < -0.4 is 0 Å². The minimum Gasteiger partial charge on any atom is -0.343 e. The lowest BCUT2D eigenvalue weighted by Gasteiger charge is -2.44. The van der Waals surface area contributed by atoms with Gasteiger partial charge in [-0.1, -0.05) is 29.3 Å². The van der Waals surface area contributed by atoms with Crippen molar-refractivity contribution < 1.29 is 27.6 Å². The summed E-state index contributed by atoms with van der Waals surface area (Å²) in [5.41, 5.74) is 0.611. The average molecular weight is 508 g/mol. The molecule has 0 N–H and O–H groups in total. The number of nitrogens with zero attached hydrogens (tertiary/aromatic N) is 3. The minimum atomic E-state index is -4.99. The van der Waals surface area contributed by atoms with E-state index < -0.39 is 24.0 Å². The Morgan fingerprint density at radius 2 is 1.61 bits per heavy atom. The Labute approximate surface area is 200 Å². The number of rotatable bonds is 3. The van der Waals surface area contributed by atoms with Crippen molar-refractivity contribution in [2.24, 2.45) is 5.92 Å². The second-order valence-electron chi connectivity index (χ2n) is 8.61. The predicted molar refractivity (Wildman–Crippen MR) is 118 cm³/mol. The lowest BCUT2D eigenvalue weighted by atomic mass is 9.84. The zero-order chi connectivity index (χ0) is 24.5. The predicted octanol–water partition coefficient (Wildman–Crippen LogP) is 3.96. The van der Waals surface area contributed by atoms with Crippen LogP contribution in [0.4, 0.5) is 13.2 Å². The first kappa shape index (κ1) is 25.6. The molecule has 2 saturated heterocycles. The van der Waals surface area contributed by atoms with Crippen molar-refractivity contribution >= 4 is 40.9 Å². The van der Waals surface area contributed by atoms with Gasteiger partial charge in [0.1, 0.15) is 0 Å². The van der Waals surface area contributed by atoms with E-state index >= 15 is 0 Å².